The zero-order valence-electron chi connectivity index (χ0n) is 19.7. The van der Waals surface area contributed by atoms with E-state index in [0.29, 0.717) is 27.8 Å². The minimum atomic E-state index is -4.89. The van der Waals surface area contributed by atoms with Crippen molar-refractivity contribution in [1.29, 1.82) is 0 Å². The van der Waals surface area contributed by atoms with Crippen molar-refractivity contribution < 1.29 is 27.6 Å². The van der Waals surface area contributed by atoms with Crippen LogP contribution in [0.25, 0.3) is 10.8 Å². The topological polar surface area (TPSA) is 140 Å². The molecule has 37 heavy (non-hydrogen) atoms. The monoisotopic (exact) mass is 662 g/mol. The zero-order valence-corrected chi connectivity index (χ0v) is 25.7. The number of aromatic hydroxyl groups is 1. The Bertz CT molecular complexity index is 1640. The van der Waals surface area contributed by atoms with Crippen molar-refractivity contribution in [3.05, 3.63) is 82.9 Å². The van der Waals surface area contributed by atoms with Crippen molar-refractivity contribution in [2.45, 2.75) is 11.8 Å². The molecule has 0 saturated carbocycles. The Hall–Kier alpha value is -2.42. The fourth-order valence-corrected chi connectivity index (χ4v) is 4.39. The van der Waals surface area contributed by atoms with Gasteiger partial charge in [0.2, 0.25) is 0 Å². The number of para-hydroxylation sites is 2. The second kappa shape index (κ2) is 12.0. The summed E-state index contributed by atoms with van der Waals surface area (Å²) < 4.78 is 40.5. The van der Waals surface area contributed by atoms with Crippen molar-refractivity contribution in [1.82, 2.24) is 0 Å². The number of carbonyl (C=O) groups is 1. The zero-order chi connectivity index (χ0) is 26.0. The Balaban J connectivity index is 0.00000380. The fraction of sp³-hybridized carbons (Fsp3) is 0.0800. The third-order valence-electron chi connectivity index (χ3n) is 5.36. The summed E-state index contributed by atoms with van der Waals surface area (Å²) in [4.78, 5) is 12.5. The van der Waals surface area contributed by atoms with Crippen LogP contribution in [0.3, 0.4) is 0 Å². The molecule has 0 aliphatic rings. The summed E-state index contributed by atoms with van der Waals surface area (Å²) in [5.41, 5.74) is 0.262. The molecular weight excluding hydrogens is 643 g/mol. The van der Waals surface area contributed by atoms with Gasteiger partial charge in [0.1, 0.15) is 27.2 Å². The molecule has 12 heteroatoms. The number of fused-ring (bicyclic) bond motifs is 1. The standard InChI is InChI=1S/C25H20ClN3O6S.Ba/c1-14-11-22(36(32,33)34)20(13-18(14)26)28-29-23-16-8-4-3-7-15(16)12-17(24(23)30)25(31)27-19-9-5-6-10-21(19)35-2;/h3-13,30H,1-2H3,(H,27,31)(H,32,33,34);/q;+2/p-1. The molecule has 1 amide bonds. The van der Waals surface area contributed by atoms with Crippen LogP contribution in [0.4, 0.5) is 17.1 Å². The molecular formula is C25H19BaClN3O6S+. The summed E-state index contributed by atoms with van der Waals surface area (Å²) in [7, 11) is -3.43. The molecule has 0 heterocycles. The minimum Gasteiger partial charge on any atom is -0.744 e. The van der Waals surface area contributed by atoms with Crippen LogP contribution in [-0.2, 0) is 10.1 Å². The first-order chi connectivity index (χ1) is 17.1. The van der Waals surface area contributed by atoms with Gasteiger partial charge in [0, 0.05) is 10.4 Å². The van der Waals surface area contributed by atoms with Crippen LogP contribution in [0, 0.1) is 6.92 Å². The number of azo groups is 1. The number of hydrogen-bond donors (Lipinski definition) is 2. The Morgan fingerprint density at radius 3 is 2.43 bits per heavy atom. The Morgan fingerprint density at radius 1 is 1.05 bits per heavy atom. The maximum Gasteiger partial charge on any atom is 2.00 e. The van der Waals surface area contributed by atoms with Gasteiger partial charge in [-0.3, -0.25) is 4.79 Å². The number of phenolic OH excluding ortho intramolecular Hbond substituents is 1. The van der Waals surface area contributed by atoms with Gasteiger partial charge in [0.25, 0.3) is 5.91 Å². The van der Waals surface area contributed by atoms with E-state index in [2.05, 4.69) is 15.5 Å². The van der Waals surface area contributed by atoms with Crippen LogP contribution in [0.1, 0.15) is 15.9 Å². The van der Waals surface area contributed by atoms with E-state index >= 15 is 0 Å². The largest absolute Gasteiger partial charge is 2.00 e. The van der Waals surface area contributed by atoms with Gasteiger partial charge in [0.05, 0.1) is 23.3 Å². The molecule has 184 valence electrons. The number of carbonyl (C=O) groups excluding carboxylic acids is 1. The van der Waals surface area contributed by atoms with Crippen molar-refractivity contribution in [3.8, 4) is 11.5 Å². The number of aryl methyl sites for hydroxylation is 1. The van der Waals surface area contributed by atoms with Gasteiger partial charge in [0.15, 0.2) is 5.75 Å². The minimum absolute atomic E-state index is 0. The van der Waals surface area contributed by atoms with Gasteiger partial charge in [-0.05, 0) is 48.2 Å². The summed E-state index contributed by atoms with van der Waals surface area (Å²) in [5, 5.41) is 22.8. The maximum atomic E-state index is 13.1. The predicted octanol–water partition coefficient (Wildman–Crippen LogP) is 5.71. The van der Waals surface area contributed by atoms with E-state index in [-0.39, 0.29) is 70.8 Å². The summed E-state index contributed by atoms with van der Waals surface area (Å²) >= 11 is 6.10. The first-order valence-electron chi connectivity index (χ1n) is 10.5. The molecule has 4 rings (SSSR count). The van der Waals surface area contributed by atoms with Gasteiger partial charge in [-0.2, -0.15) is 0 Å². The number of ether oxygens (including phenoxy) is 1. The van der Waals surface area contributed by atoms with E-state index in [1.807, 2.05) is 0 Å². The van der Waals surface area contributed by atoms with Crippen molar-refractivity contribution >= 4 is 104 Å². The number of nitrogens with zero attached hydrogens (tertiary/aromatic N) is 2. The quantitative estimate of drug-likeness (QED) is 0.154. The van der Waals surface area contributed by atoms with E-state index in [0.717, 1.165) is 6.07 Å². The average Bonchev–Trinajstić information content (AvgIpc) is 2.84. The molecule has 0 saturated heterocycles. The molecule has 0 atom stereocenters. The summed E-state index contributed by atoms with van der Waals surface area (Å²) in [6.07, 6.45) is 0. The molecule has 9 nitrogen and oxygen atoms in total. The number of halogens is 1. The Kier molecular flexibility index (Phi) is 9.42. The van der Waals surface area contributed by atoms with Crippen LogP contribution in [-0.4, -0.2) is 80.0 Å². The van der Waals surface area contributed by atoms with Crippen LogP contribution in [0.2, 0.25) is 5.02 Å². The maximum absolute atomic E-state index is 13.1. The number of rotatable bonds is 6. The van der Waals surface area contributed by atoms with E-state index in [4.69, 9.17) is 16.3 Å². The van der Waals surface area contributed by atoms with Crippen LogP contribution >= 0.6 is 11.6 Å². The third-order valence-corrected chi connectivity index (χ3v) is 6.64. The summed E-state index contributed by atoms with van der Waals surface area (Å²) in [6, 6.07) is 17.4. The van der Waals surface area contributed by atoms with Gasteiger partial charge in [-0.1, -0.05) is 48.0 Å². The smallest absolute Gasteiger partial charge is 0.744 e. The van der Waals surface area contributed by atoms with Gasteiger partial charge in [-0.25, -0.2) is 8.42 Å². The van der Waals surface area contributed by atoms with Crippen molar-refractivity contribution in [2.24, 2.45) is 10.2 Å². The molecule has 0 radical (unpaired) electrons. The average molecular weight is 662 g/mol. The third kappa shape index (κ3) is 6.36. The van der Waals surface area contributed by atoms with Crippen LogP contribution in [0.5, 0.6) is 11.5 Å². The number of hydrogen-bond acceptors (Lipinski definition) is 8. The molecule has 0 aliphatic carbocycles. The second-order valence-electron chi connectivity index (χ2n) is 7.72. The first kappa shape index (κ1) is 29.1. The molecule has 0 bridgehead atoms. The normalized spacial score (nSPS) is 11.4. The van der Waals surface area contributed by atoms with Crippen molar-refractivity contribution in [3.63, 3.8) is 0 Å². The summed E-state index contributed by atoms with van der Waals surface area (Å²) in [6.45, 7) is 1.54. The number of amides is 1. The van der Waals surface area contributed by atoms with Crippen LogP contribution < -0.4 is 10.1 Å². The number of anilines is 1. The molecule has 4 aromatic rings. The number of methoxy groups -OCH3 is 1. The van der Waals surface area contributed by atoms with Gasteiger partial charge in [-0.15, -0.1) is 10.2 Å². The van der Waals surface area contributed by atoms with E-state index < -0.39 is 26.7 Å². The first-order valence-corrected chi connectivity index (χ1v) is 12.3. The summed E-state index contributed by atoms with van der Waals surface area (Å²) in [5.74, 6) is -0.705. The van der Waals surface area contributed by atoms with E-state index in [9.17, 15) is 22.9 Å². The molecule has 0 unspecified atom stereocenters. The molecule has 0 spiro atoms. The number of phenols is 1. The van der Waals surface area contributed by atoms with Crippen molar-refractivity contribution in [2.75, 3.05) is 12.4 Å². The molecule has 2 N–H and O–H groups in total. The predicted molar refractivity (Wildman–Crippen MR) is 141 cm³/mol. The fourth-order valence-electron chi connectivity index (χ4n) is 3.56. The molecule has 0 fully saturated rings. The van der Waals surface area contributed by atoms with Gasteiger partial charge < -0.3 is 19.7 Å². The number of benzene rings is 4. The van der Waals surface area contributed by atoms with Gasteiger partial charge >= 0.3 is 48.9 Å². The van der Waals surface area contributed by atoms with E-state index in [1.165, 1.54) is 19.2 Å². The molecule has 4 aromatic carbocycles. The number of nitrogens with one attached hydrogen (secondary N) is 1. The Morgan fingerprint density at radius 2 is 1.73 bits per heavy atom. The molecule has 0 aromatic heterocycles. The second-order valence-corrected chi connectivity index (χ2v) is 9.48. The van der Waals surface area contributed by atoms with Crippen LogP contribution in [0.15, 0.2) is 81.9 Å². The molecule has 0 aliphatic heterocycles. The van der Waals surface area contributed by atoms with E-state index in [1.54, 1.807) is 55.5 Å². The SMILES string of the molecule is COc1ccccc1NC(=O)c1cc2ccccc2c(N=Nc2cc(Cl)c(C)cc2S(=O)(=O)[O-])c1O.[Ba+2]. The Labute approximate surface area is 258 Å².